The molecule has 2 heterocycles. The number of esters is 1. The van der Waals surface area contributed by atoms with Crippen molar-refractivity contribution in [3.8, 4) is 5.75 Å². The number of thiazole rings is 1. The Bertz CT molecular complexity index is 1710. The topological polar surface area (TPSA) is 80.9 Å². The number of aryl methyl sites for hydroxylation is 1. The molecule has 0 radical (unpaired) electrons. The van der Waals surface area contributed by atoms with Gasteiger partial charge in [0.15, 0.2) is 4.80 Å². The summed E-state index contributed by atoms with van der Waals surface area (Å²) in [7, 11) is 1.36. The summed E-state index contributed by atoms with van der Waals surface area (Å²) in [6.45, 7) is 0. The molecule has 1 unspecified atom stereocenters. The van der Waals surface area contributed by atoms with Crippen molar-refractivity contribution in [3.05, 3.63) is 126 Å². The van der Waals surface area contributed by atoms with E-state index < -0.39 is 5.97 Å². The number of hydrogen-bond acceptors (Lipinski definition) is 6. The predicted octanol–water partition coefficient (Wildman–Crippen LogP) is 3.81. The summed E-state index contributed by atoms with van der Waals surface area (Å²) < 4.78 is 7.20. The zero-order valence-electron chi connectivity index (χ0n) is 19.5. The largest absolute Gasteiger partial charge is 0.508 e. The van der Waals surface area contributed by atoms with Crippen LogP contribution in [0.4, 0.5) is 0 Å². The van der Waals surface area contributed by atoms with Gasteiger partial charge in [-0.15, -0.1) is 0 Å². The Morgan fingerprint density at radius 3 is 2.56 bits per heavy atom. The van der Waals surface area contributed by atoms with Crippen molar-refractivity contribution in [1.82, 2.24) is 4.57 Å². The van der Waals surface area contributed by atoms with Crippen molar-refractivity contribution in [2.75, 3.05) is 7.11 Å². The SMILES string of the molecule is COC(=O)c1ccc(C2C3=C(N=c4s/c(=C\c5ccc(O)cc5)c(=O)n42)c2ccccc2CC3)cc1. The molecule has 3 aromatic carbocycles. The lowest BCUT2D eigenvalue weighted by atomic mass is 9.83. The average Bonchev–Trinajstić information content (AvgIpc) is 3.22. The zero-order valence-corrected chi connectivity index (χ0v) is 20.3. The quantitative estimate of drug-likeness (QED) is 0.439. The van der Waals surface area contributed by atoms with E-state index in [9.17, 15) is 14.7 Å². The normalized spacial score (nSPS) is 16.6. The van der Waals surface area contributed by atoms with E-state index in [4.69, 9.17) is 9.73 Å². The molecule has 178 valence electrons. The highest BCUT2D eigenvalue weighted by Crippen LogP contribution is 2.41. The number of ether oxygens (including phenoxy) is 1. The summed E-state index contributed by atoms with van der Waals surface area (Å²) in [5.41, 5.74) is 6.48. The fourth-order valence-corrected chi connectivity index (χ4v) is 5.96. The maximum Gasteiger partial charge on any atom is 0.337 e. The second-order valence-corrected chi connectivity index (χ2v) is 9.83. The molecule has 2 aliphatic rings. The third-order valence-electron chi connectivity index (χ3n) is 6.71. The molecule has 1 aliphatic carbocycles. The van der Waals surface area contributed by atoms with Crippen LogP contribution in [0.2, 0.25) is 0 Å². The number of nitrogens with zero attached hydrogens (tertiary/aromatic N) is 2. The van der Waals surface area contributed by atoms with Crippen molar-refractivity contribution in [3.63, 3.8) is 0 Å². The Morgan fingerprint density at radius 2 is 1.81 bits per heavy atom. The number of phenolic OH excluding ortho intramolecular Hbond substituents is 1. The van der Waals surface area contributed by atoms with Crippen LogP contribution >= 0.6 is 11.3 Å². The van der Waals surface area contributed by atoms with E-state index in [0.717, 1.165) is 40.8 Å². The Labute approximate surface area is 210 Å². The Balaban J connectivity index is 1.58. The molecule has 6 rings (SSSR count). The van der Waals surface area contributed by atoms with Gasteiger partial charge in [0.2, 0.25) is 0 Å². The molecule has 1 N–H and O–H groups in total. The molecule has 0 amide bonds. The van der Waals surface area contributed by atoms with Gasteiger partial charge in [-0.3, -0.25) is 9.36 Å². The smallest absolute Gasteiger partial charge is 0.337 e. The Morgan fingerprint density at radius 1 is 1.06 bits per heavy atom. The maximum atomic E-state index is 13.7. The van der Waals surface area contributed by atoms with E-state index >= 15 is 0 Å². The molecule has 6 nitrogen and oxygen atoms in total. The number of methoxy groups -OCH3 is 1. The van der Waals surface area contributed by atoms with E-state index in [0.29, 0.717) is 14.9 Å². The summed E-state index contributed by atoms with van der Waals surface area (Å²) in [5.74, 6) is -0.221. The van der Waals surface area contributed by atoms with E-state index in [2.05, 4.69) is 12.1 Å². The molecule has 0 fully saturated rings. The van der Waals surface area contributed by atoms with Crippen LogP contribution in [-0.4, -0.2) is 22.8 Å². The fraction of sp³-hybridized carbons (Fsp3) is 0.138. The number of aromatic nitrogens is 1. The van der Waals surface area contributed by atoms with Gasteiger partial charge < -0.3 is 9.84 Å². The molecule has 0 saturated heterocycles. The lowest BCUT2D eigenvalue weighted by Gasteiger charge is -2.30. The summed E-state index contributed by atoms with van der Waals surface area (Å²) in [6, 6.07) is 22.0. The minimum Gasteiger partial charge on any atom is -0.508 e. The molecule has 0 bridgehead atoms. The number of allylic oxidation sites excluding steroid dienone is 1. The fourth-order valence-electron chi connectivity index (χ4n) is 4.96. The van der Waals surface area contributed by atoms with Crippen LogP contribution in [0.3, 0.4) is 0 Å². The van der Waals surface area contributed by atoms with Crippen molar-refractivity contribution in [2.45, 2.75) is 18.9 Å². The van der Waals surface area contributed by atoms with Gasteiger partial charge in [0.25, 0.3) is 5.56 Å². The molecular weight excluding hydrogens is 472 g/mol. The number of carbonyl (C=O) groups is 1. The second-order valence-electron chi connectivity index (χ2n) is 8.82. The summed E-state index contributed by atoms with van der Waals surface area (Å²) in [5, 5.41) is 9.61. The molecule has 7 heteroatoms. The number of hydrogen-bond donors (Lipinski definition) is 1. The lowest BCUT2D eigenvalue weighted by Crippen LogP contribution is -2.38. The van der Waals surface area contributed by atoms with E-state index in [1.54, 1.807) is 41.0 Å². The first-order chi connectivity index (χ1) is 17.5. The first-order valence-electron chi connectivity index (χ1n) is 11.6. The lowest BCUT2D eigenvalue weighted by molar-refractivity contribution is 0.0600. The Hall–Kier alpha value is -4.23. The van der Waals surface area contributed by atoms with Crippen LogP contribution in [-0.2, 0) is 11.2 Å². The van der Waals surface area contributed by atoms with Crippen LogP contribution in [0.15, 0.2) is 88.2 Å². The molecular formula is C29H22N2O4S. The van der Waals surface area contributed by atoms with Crippen molar-refractivity contribution >= 4 is 29.1 Å². The number of phenols is 1. The monoisotopic (exact) mass is 494 g/mol. The number of carbonyl (C=O) groups excluding carboxylic acids is 1. The van der Waals surface area contributed by atoms with Gasteiger partial charge in [0, 0.05) is 5.56 Å². The van der Waals surface area contributed by atoms with Gasteiger partial charge in [-0.1, -0.05) is 59.9 Å². The minimum absolute atomic E-state index is 0.112. The van der Waals surface area contributed by atoms with Gasteiger partial charge in [0.1, 0.15) is 5.75 Å². The molecule has 0 spiro atoms. The van der Waals surface area contributed by atoms with Gasteiger partial charge in [-0.25, -0.2) is 9.79 Å². The van der Waals surface area contributed by atoms with Gasteiger partial charge in [0.05, 0.1) is 28.9 Å². The Kier molecular flexibility index (Phi) is 5.42. The molecule has 0 saturated carbocycles. The van der Waals surface area contributed by atoms with E-state index in [1.807, 2.05) is 30.3 Å². The third-order valence-corrected chi connectivity index (χ3v) is 7.69. The number of rotatable bonds is 3. The van der Waals surface area contributed by atoms with Crippen LogP contribution in [0.25, 0.3) is 11.8 Å². The zero-order chi connectivity index (χ0) is 24.8. The highest BCUT2D eigenvalue weighted by atomic mass is 32.1. The molecule has 1 aromatic heterocycles. The molecule has 1 atom stereocenters. The highest BCUT2D eigenvalue weighted by molar-refractivity contribution is 7.07. The summed E-state index contributed by atoms with van der Waals surface area (Å²) >= 11 is 1.36. The number of benzene rings is 3. The molecule has 4 aromatic rings. The van der Waals surface area contributed by atoms with Crippen LogP contribution in [0.1, 0.15) is 45.1 Å². The van der Waals surface area contributed by atoms with Crippen LogP contribution in [0.5, 0.6) is 5.75 Å². The number of aromatic hydroxyl groups is 1. The third kappa shape index (κ3) is 3.69. The first kappa shape index (κ1) is 22.2. The average molecular weight is 495 g/mol. The minimum atomic E-state index is -0.397. The van der Waals surface area contributed by atoms with Crippen molar-refractivity contribution in [2.24, 2.45) is 4.99 Å². The first-order valence-corrected chi connectivity index (χ1v) is 12.5. The standard InChI is InChI=1S/C29H22N2O4S/c1-35-28(34)20-10-8-19(9-11-20)26-23-15-12-18-4-2-3-5-22(18)25(23)30-29-31(26)27(33)24(36-29)16-17-6-13-21(32)14-7-17/h2-11,13-14,16,26,32H,12,15H2,1H3/b24-16-. The summed E-state index contributed by atoms with van der Waals surface area (Å²) in [6.07, 6.45) is 3.50. The van der Waals surface area contributed by atoms with Gasteiger partial charge >= 0.3 is 5.97 Å². The molecule has 1 aliphatic heterocycles. The van der Waals surface area contributed by atoms with Crippen LogP contribution < -0.4 is 14.9 Å². The van der Waals surface area contributed by atoms with Crippen molar-refractivity contribution < 1.29 is 14.6 Å². The second kappa shape index (κ2) is 8.77. The number of fused-ring (bicyclic) bond motifs is 3. The highest BCUT2D eigenvalue weighted by Gasteiger charge is 2.32. The summed E-state index contributed by atoms with van der Waals surface area (Å²) in [4.78, 5) is 31.4. The maximum absolute atomic E-state index is 13.7. The van der Waals surface area contributed by atoms with Crippen molar-refractivity contribution in [1.29, 1.82) is 0 Å². The van der Waals surface area contributed by atoms with Crippen LogP contribution in [0, 0.1) is 0 Å². The van der Waals surface area contributed by atoms with Gasteiger partial charge in [-0.05, 0) is 65.4 Å². The molecule has 36 heavy (non-hydrogen) atoms. The van der Waals surface area contributed by atoms with Gasteiger partial charge in [-0.2, -0.15) is 0 Å². The van der Waals surface area contributed by atoms with E-state index in [1.165, 1.54) is 24.0 Å². The predicted molar refractivity (Wildman–Crippen MR) is 139 cm³/mol. The van der Waals surface area contributed by atoms with E-state index in [-0.39, 0.29) is 17.4 Å².